The number of nitrogens with zero attached hydrogens (tertiary/aromatic N) is 2. The van der Waals surface area contributed by atoms with Gasteiger partial charge in [0.25, 0.3) is 0 Å². The normalized spacial score (nSPS) is 12.4. The molecule has 1 aromatic rings. The monoisotopic (exact) mass is 510 g/mol. The maximum absolute atomic E-state index is 12.3. The van der Waals surface area contributed by atoms with Crippen LogP contribution >= 0.6 is 24.0 Å². The van der Waals surface area contributed by atoms with E-state index in [0.29, 0.717) is 29.5 Å². The van der Waals surface area contributed by atoms with Gasteiger partial charge < -0.3 is 10.6 Å². The van der Waals surface area contributed by atoms with Crippen molar-refractivity contribution in [3.8, 4) is 0 Å². The summed E-state index contributed by atoms with van der Waals surface area (Å²) in [6.07, 6.45) is 0.999. The summed E-state index contributed by atoms with van der Waals surface area (Å²) in [5.74, 6) is 0.667. The number of hydrogen-bond acceptors (Lipinski definition) is 4. The predicted molar refractivity (Wildman–Crippen MR) is 125 cm³/mol. The van der Waals surface area contributed by atoms with Crippen LogP contribution in [0.25, 0.3) is 0 Å². The highest BCUT2D eigenvalue weighted by molar-refractivity contribution is 14.0. The summed E-state index contributed by atoms with van der Waals surface area (Å²) in [7, 11) is -1.58. The lowest BCUT2D eigenvalue weighted by Gasteiger charge is -2.30. The number of rotatable bonds is 10. The molecule has 0 saturated heterocycles. The minimum Gasteiger partial charge on any atom is -0.356 e. The number of hydrogen-bond donors (Lipinski definition) is 2. The van der Waals surface area contributed by atoms with Crippen LogP contribution in [-0.4, -0.2) is 63.8 Å². The molecule has 27 heavy (non-hydrogen) atoms. The zero-order valence-electron chi connectivity index (χ0n) is 17.1. The van der Waals surface area contributed by atoms with Crippen LogP contribution in [-0.2, 0) is 9.84 Å². The Kier molecular flexibility index (Phi) is 12.9. The summed E-state index contributed by atoms with van der Waals surface area (Å²) in [4.78, 5) is 6.96. The van der Waals surface area contributed by atoms with E-state index in [1.165, 1.54) is 0 Å². The number of aliphatic imine (C=N–C) groups is 1. The summed E-state index contributed by atoms with van der Waals surface area (Å²) >= 11 is 0. The summed E-state index contributed by atoms with van der Waals surface area (Å²) in [5, 5.41) is 6.32. The maximum atomic E-state index is 12.3. The van der Waals surface area contributed by atoms with E-state index in [1.54, 1.807) is 31.3 Å². The van der Waals surface area contributed by atoms with Crippen LogP contribution in [0.2, 0.25) is 0 Å². The SMILES string of the molecule is CN=C(NCCCN(C(C)C)C(C)C)NCCS(=O)(=O)c1ccccc1.I. The van der Waals surface area contributed by atoms with Gasteiger partial charge in [0.1, 0.15) is 0 Å². The van der Waals surface area contributed by atoms with E-state index in [4.69, 9.17) is 0 Å². The first kappa shape index (κ1) is 26.1. The first-order chi connectivity index (χ1) is 12.3. The van der Waals surface area contributed by atoms with Gasteiger partial charge >= 0.3 is 0 Å². The van der Waals surface area contributed by atoms with Crippen LogP contribution in [0.5, 0.6) is 0 Å². The second-order valence-electron chi connectivity index (χ2n) is 6.84. The molecule has 0 saturated carbocycles. The van der Waals surface area contributed by atoms with Crippen molar-refractivity contribution in [2.45, 2.75) is 51.1 Å². The molecule has 0 aromatic heterocycles. The van der Waals surface area contributed by atoms with E-state index in [-0.39, 0.29) is 29.7 Å². The average Bonchev–Trinajstić information content (AvgIpc) is 2.60. The Morgan fingerprint density at radius 3 is 2.11 bits per heavy atom. The Labute approximate surface area is 182 Å². The van der Waals surface area contributed by atoms with E-state index in [9.17, 15) is 8.42 Å². The van der Waals surface area contributed by atoms with E-state index in [2.05, 4.69) is 48.2 Å². The molecule has 0 amide bonds. The van der Waals surface area contributed by atoms with Gasteiger partial charge in [-0.1, -0.05) is 18.2 Å². The molecule has 2 N–H and O–H groups in total. The molecule has 0 heterocycles. The van der Waals surface area contributed by atoms with Gasteiger partial charge in [0.2, 0.25) is 0 Å². The van der Waals surface area contributed by atoms with Crippen molar-refractivity contribution < 1.29 is 8.42 Å². The van der Waals surface area contributed by atoms with Crippen molar-refractivity contribution in [2.75, 3.05) is 32.4 Å². The Morgan fingerprint density at radius 2 is 1.59 bits per heavy atom. The van der Waals surface area contributed by atoms with Crippen molar-refractivity contribution in [1.82, 2.24) is 15.5 Å². The smallest absolute Gasteiger partial charge is 0.191 e. The standard InChI is InChI=1S/C19H34N4O2S.HI/c1-16(2)23(17(3)4)14-9-12-21-19(20-5)22-13-15-26(24,25)18-10-7-6-8-11-18;/h6-8,10-11,16-17H,9,12-15H2,1-5H3,(H2,20,21,22);1H. The zero-order chi connectivity index (χ0) is 19.6. The van der Waals surface area contributed by atoms with Gasteiger partial charge in [0.05, 0.1) is 10.6 Å². The fourth-order valence-electron chi connectivity index (χ4n) is 2.85. The molecule has 0 fully saturated rings. The van der Waals surface area contributed by atoms with Gasteiger partial charge in [-0.15, -0.1) is 24.0 Å². The minimum absolute atomic E-state index is 0. The number of sulfone groups is 1. The highest BCUT2D eigenvalue weighted by atomic mass is 127. The molecule has 0 spiro atoms. The third-order valence-electron chi connectivity index (χ3n) is 4.20. The number of nitrogens with one attached hydrogen (secondary N) is 2. The number of halogens is 1. The van der Waals surface area contributed by atoms with Crippen molar-refractivity contribution in [3.05, 3.63) is 30.3 Å². The third kappa shape index (κ3) is 9.75. The molecule has 1 aromatic carbocycles. The fraction of sp³-hybridized carbons (Fsp3) is 0.632. The lowest BCUT2D eigenvalue weighted by atomic mass is 10.2. The molecule has 0 bridgehead atoms. The third-order valence-corrected chi connectivity index (χ3v) is 5.93. The van der Waals surface area contributed by atoms with Crippen molar-refractivity contribution in [2.24, 2.45) is 4.99 Å². The van der Waals surface area contributed by atoms with E-state index in [1.807, 2.05) is 6.07 Å². The second kappa shape index (κ2) is 13.3. The van der Waals surface area contributed by atoms with Gasteiger partial charge in [-0.3, -0.25) is 9.89 Å². The van der Waals surface area contributed by atoms with Crippen LogP contribution in [0.3, 0.4) is 0 Å². The zero-order valence-corrected chi connectivity index (χ0v) is 20.3. The quantitative estimate of drug-likeness (QED) is 0.219. The van der Waals surface area contributed by atoms with Gasteiger partial charge in [-0.2, -0.15) is 0 Å². The van der Waals surface area contributed by atoms with E-state index >= 15 is 0 Å². The lowest BCUT2D eigenvalue weighted by molar-refractivity contribution is 0.173. The van der Waals surface area contributed by atoms with Crippen LogP contribution in [0, 0.1) is 0 Å². The molecule has 0 aliphatic heterocycles. The molecule has 0 aliphatic carbocycles. The average molecular weight is 510 g/mol. The Bertz CT molecular complexity index is 641. The summed E-state index contributed by atoms with van der Waals surface area (Å²) in [6, 6.07) is 9.57. The molecule has 1 rings (SSSR count). The van der Waals surface area contributed by atoms with Crippen LogP contribution in [0.15, 0.2) is 40.2 Å². The largest absolute Gasteiger partial charge is 0.356 e. The topological polar surface area (TPSA) is 73.8 Å². The summed E-state index contributed by atoms with van der Waals surface area (Å²) < 4.78 is 24.5. The maximum Gasteiger partial charge on any atom is 0.191 e. The number of guanidine groups is 1. The van der Waals surface area contributed by atoms with E-state index in [0.717, 1.165) is 19.5 Å². The van der Waals surface area contributed by atoms with Gasteiger partial charge in [0.15, 0.2) is 15.8 Å². The molecular formula is C19H35IN4O2S. The summed E-state index contributed by atoms with van der Waals surface area (Å²) in [6.45, 7) is 11.0. The molecule has 0 aliphatic rings. The lowest BCUT2D eigenvalue weighted by Crippen LogP contribution is -2.42. The molecule has 0 unspecified atom stereocenters. The molecule has 156 valence electrons. The molecule has 0 radical (unpaired) electrons. The van der Waals surface area contributed by atoms with Crippen molar-refractivity contribution in [1.29, 1.82) is 0 Å². The first-order valence-corrected chi connectivity index (χ1v) is 10.9. The highest BCUT2D eigenvalue weighted by Gasteiger charge is 2.14. The highest BCUT2D eigenvalue weighted by Crippen LogP contribution is 2.09. The van der Waals surface area contributed by atoms with Gasteiger partial charge in [0, 0.05) is 38.8 Å². The molecule has 6 nitrogen and oxygen atoms in total. The second-order valence-corrected chi connectivity index (χ2v) is 8.95. The fourth-order valence-corrected chi connectivity index (χ4v) is 4.03. The van der Waals surface area contributed by atoms with Crippen LogP contribution in [0.1, 0.15) is 34.1 Å². The van der Waals surface area contributed by atoms with Gasteiger partial charge in [-0.05, 0) is 46.2 Å². The van der Waals surface area contributed by atoms with Gasteiger partial charge in [-0.25, -0.2) is 8.42 Å². The first-order valence-electron chi connectivity index (χ1n) is 9.26. The van der Waals surface area contributed by atoms with Crippen LogP contribution < -0.4 is 10.6 Å². The molecule has 0 atom stereocenters. The van der Waals surface area contributed by atoms with Crippen LogP contribution in [0.4, 0.5) is 0 Å². The molecular weight excluding hydrogens is 475 g/mol. The minimum atomic E-state index is -3.27. The Morgan fingerprint density at radius 1 is 1.04 bits per heavy atom. The molecule has 8 heteroatoms. The number of benzene rings is 1. The summed E-state index contributed by atoms with van der Waals surface area (Å²) in [5.41, 5.74) is 0. The Hall–Kier alpha value is -0.870. The van der Waals surface area contributed by atoms with Crippen molar-refractivity contribution >= 4 is 39.8 Å². The predicted octanol–water partition coefficient (Wildman–Crippen LogP) is 2.75. The van der Waals surface area contributed by atoms with Crippen molar-refractivity contribution in [3.63, 3.8) is 0 Å². The van der Waals surface area contributed by atoms with E-state index < -0.39 is 9.84 Å². The Balaban J connectivity index is 0.00000676.